The average Bonchev–Trinajstić information content (AvgIpc) is 2.51. The number of benzene rings is 2. The molecule has 2 atom stereocenters. The fraction of sp³-hybridized carbons (Fsp3) is 0.188. The zero-order valence-corrected chi connectivity index (χ0v) is 13.3. The second kappa shape index (κ2) is 5.53. The number of hydrogen-bond donors (Lipinski definition) is 0. The van der Waals surface area contributed by atoms with Crippen LogP contribution in [0.2, 0.25) is 5.02 Å². The van der Waals surface area contributed by atoms with Crippen LogP contribution in [0.3, 0.4) is 0 Å². The van der Waals surface area contributed by atoms with Crippen LogP contribution in [0, 0.1) is 0 Å². The summed E-state index contributed by atoms with van der Waals surface area (Å²) in [5.41, 5.74) is 3.81. The van der Waals surface area contributed by atoms with Gasteiger partial charge in [-0.25, -0.2) is 4.79 Å². The van der Waals surface area contributed by atoms with Crippen molar-refractivity contribution in [3.8, 4) is 11.1 Å². The molecule has 0 amide bonds. The molecule has 0 aromatic heterocycles. The van der Waals surface area contributed by atoms with Crippen molar-refractivity contribution >= 4 is 40.8 Å². The van der Waals surface area contributed by atoms with Gasteiger partial charge in [-0.2, -0.15) is 0 Å². The fourth-order valence-electron chi connectivity index (χ4n) is 2.69. The number of ether oxygens (including phenoxy) is 1. The van der Waals surface area contributed by atoms with Crippen LogP contribution >= 0.6 is 34.8 Å². The Morgan fingerprint density at radius 2 is 1.86 bits per heavy atom. The van der Waals surface area contributed by atoms with E-state index >= 15 is 0 Å². The standard InChI is InChI=1S/C16H11Cl3O2/c1-21-16(20)11-4-2-3-9-12-7-8(17)5-6-10(12)14(18)15(19)13(9)11/h2-7,14-15H,1H3/t14-,15-/m0/s1. The summed E-state index contributed by atoms with van der Waals surface area (Å²) in [7, 11) is 1.34. The van der Waals surface area contributed by atoms with Crippen molar-refractivity contribution in [1.82, 2.24) is 0 Å². The summed E-state index contributed by atoms with van der Waals surface area (Å²) in [6, 6.07) is 10.9. The number of hydrogen-bond acceptors (Lipinski definition) is 2. The van der Waals surface area contributed by atoms with Crippen molar-refractivity contribution in [2.75, 3.05) is 7.11 Å². The van der Waals surface area contributed by atoms with Crippen LogP contribution in [-0.4, -0.2) is 13.1 Å². The lowest BCUT2D eigenvalue weighted by Gasteiger charge is -2.29. The van der Waals surface area contributed by atoms with Crippen LogP contribution in [-0.2, 0) is 4.74 Å². The van der Waals surface area contributed by atoms with E-state index in [0.717, 1.165) is 16.7 Å². The second-order valence-corrected chi connectivity index (χ2v) is 6.17. The Balaban J connectivity index is 2.32. The summed E-state index contributed by atoms with van der Waals surface area (Å²) >= 11 is 19.1. The third-order valence-corrected chi connectivity index (χ3v) is 4.97. The van der Waals surface area contributed by atoms with E-state index in [1.54, 1.807) is 18.2 Å². The first-order valence-corrected chi connectivity index (χ1v) is 7.59. The molecule has 2 aromatic carbocycles. The van der Waals surface area contributed by atoms with Crippen molar-refractivity contribution in [2.45, 2.75) is 10.8 Å². The SMILES string of the molecule is COC(=O)c1cccc2c1[C@H](Cl)[C@@H](Cl)c1ccc(Cl)cc1-2. The molecule has 0 saturated heterocycles. The highest BCUT2D eigenvalue weighted by Gasteiger charge is 2.34. The molecular formula is C16H11Cl3O2. The average molecular weight is 342 g/mol. The van der Waals surface area contributed by atoms with E-state index in [1.165, 1.54) is 7.11 Å². The molecule has 0 saturated carbocycles. The number of rotatable bonds is 1. The Hall–Kier alpha value is -1.22. The summed E-state index contributed by atoms with van der Waals surface area (Å²) in [5.74, 6) is -0.424. The van der Waals surface area contributed by atoms with Gasteiger partial charge in [0.1, 0.15) is 0 Å². The molecule has 108 valence electrons. The van der Waals surface area contributed by atoms with Gasteiger partial charge in [-0.1, -0.05) is 29.8 Å². The van der Waals surface area contributed by atoms with E-state index in [9.17, 15) is 4.79 Å². The molecule has 0 N–H and O–H groups in total. The van der Waals surface area contributed by atoms with Crippen LogP contribution in [0.4, 0.5) is 0 Å². The van der Waals surface area contributed by atoms with Gasteiger partial charge in [0.15, 0.2) is 0 Å². The van der Waals surface area contributed by atoms with Gasteiger partial charge < -0.3 is 4.74 Å². The Labute approximate surface area is 137 Å². The molecule has 5 heteroatoms. The summed E-state index contributed by atoms with van der Waals surface area (Å²) in [6.07, 6.45) is 0. The molecule has 2 nitrogen and oxygen atoms in total. The molecule has 21 heavy (non-hydrogen) atoms. The quantitative estimate of drug-likeness (QED) is 0.515. The number of carbonyl (C=O) groups is 1. The predicted octanol–water partition coefficient (Wildman–Crippen LogP) is 5.37. The van der Waals surface area contributed by atoms with Gasteiger partial charge in [0.2, 0.25) is 0 Å². The number of halogens is 3. The third kappa shape index (κ3) is 2.32. The van der Waals surface area contributed by atoms with Crippen molar-refractivity contribution in [3.05, 3.63) is 58.1 Å². The lowest BCUT2D eigenvalue weighted by Crippen LogP contribution is -2.15. The summed E-state index contributed by atoms with van der Waals surface area (Å²) < 4.78 is 4.83. The van der Waals surface area contributed by atoms with Gasteiger partial charge in [0.25, 0.3) is 0 Å². The first-order chi connectivity index (χ1) is 10.0. The van der Waals surface area contributed by atoms with Crippen LogP contribution in [0.15, 0.2) is 36.4 Å². The largest absolute Gasteiger partial charge is 0.465 e. The van der Waals surface area contributed by atoms with Crippen LogP contribution in [0.1, 0.15) is 32.2 Å². The topological polar surface area (TPSA) is 26.3 Å². The zero-order valence-electron chi connectivity index (χ0n) is 11.1. The molecule has 0 fully saturated rings. The fourth-order valence-corrected chi connectivity index (χ4v) is 3.55. The van der Waals surface area contributed by atoms with E-state index in [4.69, 9.17) is 39.5 Å². The summed E-state index contributed by atoms with van der Waals surface area (Å²) in [6.45, 7) is 0. The number of methoxy groups -OCH3 is 1. The molecule has 3 rings (SSSR count). The number of fused-ring (bicyclic) bond motifs is 3. The van der Waals surface area contributed by atoms with Gasteiger partial charge >= 0.3 is 5.97 Å². The highest BCUT2D eigenvalue weighted by atomic mass is 35.5. The number of esters is 1. The second-order valence-electron chi connectivity index (χ2n) is 4.79. The monoisotopic (exact) mass is 340 g/mol. The molecule has 2 aromatic rings. The van der Waals surface area contributed by atoms with Crippen molar-refractivity contribution in [2.24, 2.45) is 0 Å². The molecule has 1 aliphatic carbocycles. The van der Waals surface area contributed by atoms with E-state index in [1.807, 2.05) is 18.2 Å². The van der Waals surface area contributed by atoms with Gasteiger partial charge in [-0.05, 0) is 40.5 Å². The molecule has 0 bridgehead atoms. The van der Waals surface area contributed by atoms with Crippen LogP contribution in [0.25, 0.3) is 11.1 Å². The molecule has 0 radical (unpaired) electrons. The van der Waals surface area contributed by atoms with Gasteiger partial charge in [0, 0.05) is 5.02 Å². The Kier molecular flexibility index (Phi) is 3.87. The van der Waals surface area contributed by atoms with Crippen molar-refractivity contribution < 1.29 is 9.53 Å². The minimum atomic E-state index is -0.509. The molecule has 0 unspecified atom stereocenters. The van der Waals surface area contributed by atoms with Crippen LogP contribution in [0.5, 0.6) is 0 Å². The van der Waals surface area contributed by atoms with E-state index < -0.39 is 16.7 Å². The molecule has 0 aliphatic heterocycles. The van der Waals surface area contributed by atoms with Crippen molar-refractivity contribution in [1.29, 1.82) is 0 Å². The maximum absolute atomic E-state index is 12.0. The van der Waals surface area contributed by atoms with Gasteiger partial charge in [0.05, 0.1) is 23.4 Å². The van der Waals surface area contributed by atoms with E-state index in [2.05, 4.69) is 0 Å². The Morgan fingerprint density at radius 3 is 2.57 bits per heavy atom. The minimum absolute atomic E-state index is 0.424. The number of carbonyl (C=O) groups excluding carboxylic acids is 1. The number of alkyl halides is 2. The first kappa shape index (κ1) is 14.7. The highest BCUT2D eigenvalue weighted by molar-refractivity contribution is 6.33. The van der Waals surface area contributed by atoms with Crippen LogP contribution < -0.4 is 0 Å². The maximum Gasteiger partial charge on any atom is 0.338 e. The molecule has 0 spiro atoms. The normalized spacial score (nSPS) is 19.6. The van der Waals surface area contributed by atoms with E-state index in [0.29, 0.717) is 16.1 Å². The lowest BCUT2D eigenvalue weighted by atomic mass is 9.82. The highest BCUT2D eigenvalue weighted by Crippen LogP contribution is 2.52. The zero-order chi connectivity index (χ0) is 15.1. The maximum atomic E-state index is 12.0. The molecular weight excluding hydrogens is 331 g/mol. The summed E-state index contributed by atoms with van der Waals surface area (Å²) in [4.78, 5) is 12.0. The van der Waals surface area contributed by atoms with E-state index in [-0.39, 0.29) is 0 Å². The first-order valence-electron chi connectivity index (χ1n) is 6.33. The van der Waals surface area contributed by atoms with Gasteiger partial charge in [-0.15, -0.1) is 23.2 Å². The molecule has 1 aliphatic rings. The van der Waals surface area contributed by atoms with Crippen molar-refractivity contribution in [3.63, 3.8) is 0 Å². The lowest BCUT2D eigenvalue weighted by molar-refractivity contribution is 0.0599. The third-order valence-electron chi connectivity index (χ3n) is 3.65. The minimum Gasteiger partial charge on any atom is -0.465 e. The smallest absolute Gasteiger partial charge is 0.338 e. The van der Waals surface area contributed by atoms with Gasteiger partial charge in [-0.3, -0.25) is 0 Å². The Morgan fingerprint density at radius 1 is 1.10 bits per heavy atom. The molecule has 0 heterocycles. The Bertz CT molecular complexity index is 727. The predicted molar refractivity (Wildman–Crippen MR) is 85.4 cm³/mol. The summed E-state index contributed by atoms with van der Waals surface area (Å²) in [5, 5.41) is -0.331.